The van der Waals surface area contributed by atoms with Crippen LogP contribution in [0.3, 0.4) is 0 Å². The fourth-order valence-electron chi connectivity index (χ4n) is 1.98. The molecule has 1 N–H and O–H groups in total. The molecule has 3 nitrogen and oxygen atoms in total. The van der Waals surface area contributed by atoms with Gasteiger partial charge in [0.05, 0.1) is 11.7 Å². The van der Waals surface area contributed by atoms with Crippen LogP contribution in [0.5, 0.6) is 0 Å². The molecule has 0 aliphatic carbocycles. The first-order chi connectivity index (χ1) is 7.33. The van der Waals surface area contributed by atoms with Gasteiger partial charge in [-0.05, 0) is 37.8 Å². The molecule has 15 heavy (non-hydrogen) atoms. The molecule has 82 valence electrons. The van der Waals surface area contributed by atoms with Gasteiger partial charge in [-0.15, -0.1) is 0 Å². The smallest absolute Gasteiger partial charge is 0.244 e. The van der Waals surface area contributed by atoms with E-state index in [1.54, 1.807) is 11.3 Å². The lowest BCUT2D eigenvalue weighted by atomic mass is 10.1. The van der Waals surface area contributed by atoms with Crippen LogP contribution in [-0.2, 0) is 4.79 Å². The van der Waals surface area contributed by atoms with Crippen LogP contribution >= 0.6 is 11.3 Å². The van der Waals surface area contributed by atoms with E-state index in [0.717, 1.165) is 31.5 Å². The van der Waals surface area contributed by atoms with Crippen LogP contribution in [0, 0.1) is 0 Å². The summed E-state index contributed by atoms with van der Waals surface area (Å²) < 4.78 is 0. The number of carbonyl (C=O) groups excluding carboxylic acids is 1. The van der Waals surface area contributed by atoms with Crippen LogP contribution in [0.1, 0.15) is 19.3 Å². The van der Waals surface area contributed by atoms with Gasteiger partial charge in [-0.1, -0.05) is 0 Å². The number of rotatable bonds is 2. The van der Waals surface area contributed by atoms with Crippen molar-refractivity contribution in [2.75, 3.05) is 18.5 Å². The van der Waals surface area contributed by atoms with Gasteiger partial charge in [0.2, 0.25) is 5.91 Å². The van der Waals surface area contributed by atoms with Crippen molar-refractivity contribution in [3.63, 3.8) is 0 Å². The normalized spacial score (nSPS) is 22.9. The first kappa shape index (κ1) is 10.6. The Morgan fingerprint density at radius 2 is 2.40 bits per heavy atom. The molecule has 1 saturated heterocycles. The minimum atomic E-state index is -0.00704. The SMILES string of the molecule is CNC1CCCCN(c2ccsc2)C1=O. The molecule has 1 unspecified atom stereocenters. The van der Waals surface area contributed by atoms with Gasteiger partial charge in [0.1, 0.15) is 0 Å². The third kappa shape index (κ3) is 2.21. The summed E-state index contributed by atoms with van der Waals surface area (Å²) in [5.74, 6) is 0.216. The summed E-state index contributed by atoms with van der Waals surface area (Å²) in [6.07, 6.45) is 3.17. The number of carbonyl (C=O) groups is 1. The topological polar surface area (TPSA) is 32.3 Å². The number of likely N-dealkylation sites (N-methyl/N-ethyl adjacent to an activating group) is 1. The molecule has 1 fully saturated rings. The van der Waals surface area contributed by atoms with E-state index in [2.05, 4.69) is 5.32 Å². The van der Waals surface area contributed by atoms with Crippen LogP contribution in [0.4, 0.5) is 5.69 Å². The molecule has 0 spiro atoms. The highest BCUT2D eigenvalue weighted by Gasteiger charge is 2.26. The van der Waals surface area contributed by atoms with E-state index in [1.165, 1.54) is 0 Å². The molecular weight excluding hydrogens is 208 g/mol. The van der Waals surface area contributed by atoms with E-state index in [-0.39, 0.29) is 11.9 Å². The molecule has 1 aliphatic rings. The summed E-state index contributed by atoms with van der Waals surface area (Å²) in [5.41, 5.74) is 1.05. The highest BCUT2D eigenvalue weighted by Crippen LogP contribution is 2.22. The first-order valence-electron chi connectivity index (χ1n) is 5.34. The summed E-state index contributed by atoms with van der Waals surface area (Å²) in [5, 5.41) is 7.15. The Labute approximate surface area is 94.1 Å². The Kier molecular flexibility index (Phi) is 3.38. The fraction of sp³-hybridized carbons (Fsp3) is 0.545. The monoisotopic (exact) mass is 224 g/mol. The molecule has 0 radical (unpaired) electrons. The van der Waals surface area contributed by atoms with E-state index >= 15 is 0 Å². The zero-order chi connectivity index (χ0) is 10.7. The molecule has 1 amide bonds. The summed E-state index contributed by atoms with van der Waals surface area (Å²) >= 11 is 1.64. The van der Waals surface area contributed by atoms with E-state index in [1.807, 2.05) is 28.8 Å². The second-order valence-corrected chi connectivity index (χ2v) is 4.59. The van der Waals surface area contributed by atoms with Crippen LogP contribution in [-0.4, -0.2) is 25.5 Å². The van der Waals surface area contributed by atoms with Crippen molar-refractivity contribution in [1.82, 2.24) is 5.32 Å². The Hall–Kier alpha value is -0.870. The number of hydrogen-bond donors (Lipinski definition) is 1. The van der Waals surface area contributed by atoms with E-state index < -0.39 is 0 Å². The third-order valence-electron chi connectivity index (χ3n) is 2.85. The van der Waals surface area contributed by atoms with Gasteiger partial charge in [-0.2, -0.15) is 11.3 Å². The second kappa shape index (κ2) is 4.77. The zero-order valence-electron chi connectivity index (χ0n) is 8.90. The molecule has 2 heterocycles. The Balaban J connectivity index is 2.19. The first-order valence-corrected chi connectivity index (χ1v) is 6.28. The summed E-state index contributed by atoms with van der Waals surface area (Å²) in [4.78, 5) is 14.1. The van der Waals surface area contributed by atoms with E-state index in [4.69, 9.17) is 0 Å². The number of hydrogen-bond acceptors (Lipinski definition) is 3. The van der Waals surface area contributed by atoms with Gasteiger partial charge in [-0.3, -0.25) is 4.79 Å². The molecular formula is C11H16N2OS. The molecule has 0 bridgehead atoms. The standard InChI is InChI=1S/C11H16N2OS/c1-12-10-4-2-3-6-13(11(10)14)9-5-7-15-8-9/h5,7-8,10,12H,2-4,6H2,1H3. The average molecular weight is 224 g/mol. The predicted octanol–water partition coefficient (Wildman–Crippen LogP) is 1.85. The maximum atomic E-state index is 12.1. The van der Waals surface area contributed by atoms with Crippen molar-refractivity contribution >= 4 is 22.9 Å². The van der Waals surface area contributed by atoms with Crippen molar-refractivity contribution in [2.24, 2.45) is 0 Å². The molecule has 1 atom stereocenters. The van der Waals surface area contributed by atoms with Crippen LogP contribution < -0.4 is 10.2 Å². The van der Waals surface area contributed by atoms with Gasteiger partial charge >= 0.3 is 0 Å². The van der Waals surface area contributed by atoms with Crippen molar-refractivity contribution in [2.45, 2.75) is 25.3 Å². The van der Waals surface area contributed by atoms with Gasteiger partial charge in [0.15, 0.2) is 0 Å². The minimum absolute atomic E-state index is 0.00704. The van der Waals surface area contributed by atoms with E-state index in [9.17, 15) is 4.79 Å². The summed E-state index contributed by atoms with van der Waals surface area (Å²) in [7, 11) is 1.86. The molecule has 1 aromatic heterocycles. The third-order valence-corrected chi connectivity index (χ3v) is 3.53. The average Bonchev–Trinajstić information content (AvgIpc) is 2.70. The maximum Gasteiger partial charge on any atom is 0.244 e. The molecule has 4 heteroatoms. The van der Waals surface area contributed by atoms with Gasteiger partial charge < -0.3 is 10.2 Å². The Morgan fingerprint density at radius 3 is 3.07 bits per heavy atom. The van der Waals surface area contributed by atoms with Gasteiger partial charge in [-0.25, -0.2) is 0 Å². The van der Waals surface area contributed by atoms with Crippen molar-refractivity contribution in [3.05, 3.63) is 16.8 Å². The number of anilines is 1. The summed E-state index contributed by atoms with van der Waals surface area (Å²) in [6, 6.07) is 2.01. The molecule has 1 aliphatic heterocycles. The summed E-state index contributed by atoms with van der Waals surface area (Å²) in [6.45, 7) is 0.855. The van der Waals surface area contributed by atoms with Crippen molar-refractivity contribution in [3.8, 4) is 0 Å². The van der Waals surface area contributed by atoms with Crippen molar-refractivity contribution < 1.29 is 4.79 Å². The fourth-order valence-corrected chi connectivity index (χ4v) is 2.62. The number of thiophene rings is 1. The van der Waals surface area contributed by atoms with Gasteiger partial charge in [0.25, 0.3) is 0 Å². The number of nitrogens with zero attached hydrogens (tertiary/aromatic N) is 1. The van der Waals surface area contributed by atoms with Crippen LogP contribution in [0.2, 0.25) is 0 Å². The van der Waals surface area contributed by atoms with E-state index in [0.29, 0.717) is 0 Å². The molecule has 1 aromatic rings. The number of amides is 1. The Bertz CT molecular complexity index is 323. The lowest BCUT2D eigenvalue weighted by Crippen LogP contribution is -2.43. The quantitative estimate of drug-likeness (QED) is 0.831. The molecule has 0 saturated carbocycles. The number of nitrogens with one attached hydrogen (secondary N) is 1. The minimum Gasteiger partial charge on any atom is -0.310 e. The maximum absolute atomic E-state index is 12.1. The highest BCUT2D eigenvalue weighted by molar-refractivity contribution is 7.08. The predicted molar refractivity (Wildman–Crippen MR) is 63.4 cm³/mol. The van der Waals surface area contributed by atoms with Crippen LogP contribution in [0.15, 0.2) is 16.8 Å². The lowest BCUT2D eigenvalue weighted by molar-refractivity contribution is -0.120. The molecule has 0 aromatic carbocycles. The largest absolute Gasteiger partial charge is 0.310 e. The lowest BCUT2D eigenvalue weighted by Gasteiger charge is -2.22. The highest BCUT2D eigenvalue weighted by atomic mass is 32.1. The van der Waals surface area contributed by atoms with Crippen molar-refractivity contribution in [1.29, 1.82) is 0 Å². The Morgan fingerprint density at radius 1 is 1.53 bits per heavy atom. The van der Waals surface area contributed by atoms with Gasteiger partial charge in [0, 0.05) is 11.9 Å². The zero-order valence-corrected chi connectivity index (χ0v) is 9.72. The van der Waals surface area contributed by atoms with Crippen LogP contribution in [0.25, 0.3) is 0 Å². The second-order valence-electron chi connectivity index (χ2n) is 3.81. The molecule has 2 rings (SSSR count).